The van der Waals surface area contributed by atoms with E-state index < -0.39 is 0 Å². The van der Waals surface area contributed by atoms with Crippen LogP contribution in [0, 0.1) is 11.8 Å². The van der Waals surface area contributed by atoms with E-state index in [4.69, 9.17) is 0 Å². The van der Waals surface area contributed by atoms with Crippen molar-refractivity contribution in [2.75, 3.05) is 19.6 Å². The van der Waals surface area contributed by atoms with Gasteiger partial charge >= 0.3 is 0 Å². The van der Waals surface area contributed by atoms with Crippen molar-refractivity contribution < 1.29 is 0 Å². The second kappa shape index (κ2) is 6.58. The van der Waals surface area contributed by atoms with Gasteiger partial charge in [0.2, 0.25) is 0 Å². The van der Waals surface area contributed by atoms with Crippen LogP contribution < -0.4 is 5.32 Å². The number of nitrogens with one attached hydrogen (secondary N) is 1. The molecule has 0 bridgehead atoms. The maximum Gasteiger partial charge on any atom is 0.0223 e. The van der Waals surface area contributed by atoms with Gasteiger partial charge in [0.1, 0.15) is 0 Å². The number of piperazine rings is 1. The van der Waals surface area contributed by atoms with Crippen molar-refractivity contribution in [3.8, 4) is 0 Å². The second-order valence-corrected chi connectivity index (χ2v) is 7.38. The zero-order valence-electron chi connectivity index (χ0n) is 12.7. The summed E-state index contributed by atoms with van der Waals surface area (Å²) in [6.07, 6.45) is 13.2. The zero-order valence-corrected chi connectivity index (χ0v) is 12.7. The first-order chi connectivity index (χ1) is 9.33. The van der Waals surface area contributed by atoms with Crippen molar-refractivity contribution in [2.45, 2.75) is 76.8 Å². The SMILES string of the molecule is CC1CCCC(N2CCNC(C3CCCCC3)C2)C1. The molecule has 1 saturated heterocycles. The van der Waals surface area contributed by atoms with Gasteiger partial charge in [-0.1, -0.05) is 39.0 Å². The van der Waals surface area contributed by atoms with Gasteiger partial charge in [0.15, 0.2) is 0 Å². The fraction of sp³-hybridized carbons (Fsp3) is 1.00. The fourth-order valence-corrected chi connectivity index (χ4v) is 4.72. The maximum absolute atomic E-state index is 3.83. The average molecular weight is 264 g/mol. The number of hydrogen-bond donors (Lipinski definition) is 1. The zero-order chi connectivity index (χ0) is 13.1. The van der Waals surface area contributed by atoms with Gasteiger partial charge in [-0.05, 0) is 37.5 Å². The first-order valence-electron chi connectivity index (χ1n) is 8.80. The van der Waals surface area contributed by atoms with Gasteiger partial charge in [0.05, 0.1) is 0 Å². The van der Waals surface area contributed by atoms with Gasteiger partial charge in [-0.25, -0.2) is 0 Å². The Balaban J connectivity index is 1.54. The van der Waals surface area contributed by atoms with E-state index >= 15 is 0 Å². The van der Waals surface area contributed by atoms with Crippen LogP contribution >= 0.6 is 0 Å². The topological polar surface area (TPSA) is 15.3 Å². The second-order valence-electron chi connectivity index (χ2n) is 7.38. The molecule has 3 rings (SSSR count). The lowest BCUT2D eigenvalue weighted by Gasteiger charge is -2.44. The summed E-state index contributed by atoms with van der Waals surface area (Å²) in [6.45, 7) is 6.31. The third-order valence-electron chi connectivity index (χ3n) is 5.88. The molecule has 3 fully saturated rings. The fourth-order valence-electron chi connectivity index (χ4n) is 4.72. The van der Waals surface area contributed by atoms with E-state index in [1.807, 2.05) is 0 Å². The minimum Gasteiger partial charge on any atom is -0.311 e. The molecule has 0 aromatic rings. The van der Waals surface area contributed by atoms with Crippen LogP contribution in [0.2, 0.25) is 0 Å². The number of hydrogen-bond acceptors (Lipinski definition) is 2. The Morgan fingerprint density at radius 3 is 2.58 bits per heavy atom. The number of rotatable bonds is 2. The van der Waals surface area contributed by atoms with Crippen LogP contribution in [0.1, 0.15) is 64.7 Å². The van der Waals surface area contributed by atoms with Crippen molar-refractivity contribution in [1.82, 2.24) is 10.2 Å². The minimum atomic E-state index is 0.797. The van der Waals surface area contributed by atoms with Gasteiger partial charge in [-0.15, -0.1) is 0 Å². The molecule has 2 saturated carbocycles. The van der Waals surface area contributed by atoms with E-state index in [1.54, 1.807) is 0 Å². The normalized spacial score (nSPS) is 39.3. The van der Waals surface area contributed by atoms with Gasteiger partial charge < -0.3 is 5.32 Å². The monoisotopic (exact) mass is 264 g/mol. The molecule has 2 heteroatoms. The highest BCUT2D eigenvalue weighted by atomic mass is 15.2. The summed E-state index contributed by atoms with van der Waals surface area (Å²) in [5, 5.41) is 3.83. The lowest BCUT2D eigenvalue weighted by Crippen LogP contribution is -2.57. The molecule has 0 amide bonds. The molecule has 0 radical (unpaired) electrons. The summed E-state index contributed by atoms with van der Waals surface area (Å²) in [4.78, 5) is 2.84. The third kappa shape index (κ3) is 3.52. The van der Waals surface area contributed by atoms with E-state index in [2.05, 4.69) is 17.1 Å². The highest BCUT2D eigenvalue weighted by Crippen LogP contribution is 2.31. The summed E-state index contributed by atoms with van der Waals surface area (Å²) in [6, 6.07) is 1.70. The number of nitrogens with zero attached hydrogens (tertiary/aromatic N) is 1. The molecule has 3 atom stereocenters. The first kappa shape index (κ1) is 13.9. The van der Waals surface area contributed by atoms with Crippen molar-refractivity contribution in [1.29, 1.82) is 0 Å². The Kier molecular flexibility index (Phi) is 4.81. The van der Waals surface area contributed by atoms with E-state index in [-0.39, 0.29) is 0 Å². The Hall–Kier alpha value is -0.0800. The largest absolute Gasteiger partial charge is 0.311 e. The minimum absolute atomic E-state index is 0.797. The van der Waals surface area contributed by atoms with Crippen LogP contribution in [-0.4, -0.2) is 36.6 Å². The molecule has 3 unspecified atom stereocenters. The third-order valence-corrected chi connectivity index (χ3v) is 5.88. The highest BCUT2D eigenvalue weighted by Gasteiger charge is 2.32. The molecule has 1 heterocycles. The maximum atomic E-state index is 3.83. The van der Waals surface area contributed by atoms with E-state index in [1.165, 1.54) is 77.4 Å². The van der Waals surface area contributed by atoms with Crippen LogP contribution in [-0.2, 0) is 0 Å². The molecule has 1 N–H and O–H groups in total. The average Bonchev–Trinajstić information content (AvgIpc) is 2.48. The quantitative estimate of drug-likeness (QED) is 0.822. The Bertz CT molecular complexity index is 272. The summed E-state index contributed by atoms with van der Waals surface area (Å²) in [7, 11) is 0. The van der Waals surface area contributed by atoms with Crippen LogP contribution in [0.3, 0.4) is 0 Å². The summed E-state index contributed by atoms with van der Waals surface area (Å²) >= 11 is 0. The molecule has 1 aliphatic heterocycles. The molecular weight excluding hydrogens is 232 g/mol. The molecule has 2 aliphatic carbocycles. The molecule has 0 spiro atoms. The molecule has 110 valence electrons. The summed E-state index contributed by atoms with van der Waals surface area (Å²) in [5.74, 6) is 1.93. The van der Waals surface area contributed by atoms with Crippen LogP contribution in [0.4, 0.5) is 0 Å². The van der Waals surface area contributed by atoms with Crippen LogP contribution in [0.15, 0.2) is 0 Å². The van der Waals surface area contributed by atoms with Gasteiger partial charge in [0.25, 0.3) is 0 Å². The Labute approximate surface area is 119 Å². The molecule has 0 aromatic carbocycles. The predicted octanol–water partition coefficient (Wildman–Crippen LogP) is 3.42. The smallest absolute Gasteiger partial charge is 0.0223 e. The van der Waals surface area contributed by atoms with Crippen molar-refractivity contribution in [3.05, 3.63) is 0 Å². The Morgan fingerprint density at radius 1 is 0.947 bits per heavy atom. The lowest BCUT2D eigenvalue weighted by atomic mass is 9.81. The Morgan fingerprint density at radius 2 is 1.79 bits per heavy atom. The van der Waals surface area contributed by atoms with Gasteiger partial charge in [-0.3, -0.25) is 4.90 Å². The van der Waals surface area contributed by atoms with Crippen molar-refractivity contribution in [2.24, 2.45) is 11.8 Å². The highest BCUT2D eigenvalue weighted by molar-refractivity contribution is 4.89. The molecule has 2 nitrogen and oxygen atoms in total. The van der Waals surface area contributed by atoms with Crippen molar-refractivity contribution in [3.63, 3.8) is 0 Å². The first-order valence-corrected chi connectivity index (χ1v) is 8.80. The summed E-state index contributed by atoms with van der Waals surface area (Å²) < 4.78 is 0. The van der Waals surface area contributed by atoms with Crippen molar-refractivity contribution >= 4 is 0 Å². The van der Waals surface area contributed by atoms with E-state index in [9.17, 15) is 0 Å². The van der Waals surface area contributed by atoms with Gasteiger partial charge in [-0.2, -0.15) is 0 Å². The molecule has 19 heavy (non-hydrogen) atoms. The van der Waals surface area contributed by atoms with Gasteiger partial charge in [0, 0.05) is 31.7 Å². The molecular formula is C17H32N2. The predicted molar refractivity (Wildman–Crippen MR) is 81.4 cm³/mol. The van der Waals surface area contributed by atoms with E-state index in [0.29, 0.717) is 0 Å². The summed E-state index contributed by atoms with van der Waals surface area (Å²) in [5.41, 5.74) is 0. The molecule has 3 aliphatic rings. The molecule has 0 aromatic heterocycles. The van der Waals surface area contributed by atoms with E-state index in [0.717, 1.165) is 23.9 Å². The lowest BCUT2D eigenvalue weighted by molar-refractivity contribution is 0.0780. The van der Waals surface area contributed by atoms with Crippen LogP contribution in [0.5, 0.6) is 0 Å². The van der Waals surface area contributed by atoms with Crippen LogP contribution in [0.25, 0.3) is 0 Å². The standard InChI is InChI=1S/C17H32N2/c1-14-6-5-9-16(12-14)19-11-10-18-17(13-19)15-7-3-2-4-8-15/h14-18H,2-13H2,1H3.